The van der Waals surface area contributed by atoms with E-state index < -0.39 is 0 Å². The van der Waals surface area contributed by atoms with Gasteiger partial charge in [-0.05, 0) is 65.4 Å². The van der Waals surface area contributed by atoms with Crippen molar-refractivity contribution < 1.29 is 0 Å². The van der Waals surface area contributed by atoms with Gasteiger partial charge >= 0.3 is 0 Å². The van der Waals surface area contributed by atoms with Crippen LogP contribution in [0.1, 0.15) is 23.4 Å². The molecule has 0 radical (unpaired) electrons. The summed E-state index contributed by atoms with van der Waals surface area (Å²) in [6, 6.07) is 13.1. The van der Waals surface area contributed by atoms with Crippen LogP contribution >= 0.6 is 45.5 Å². The minimum Gasteiger partial charge on any atom is -0.309 e. The van der Waals surface area contributed by atoms with Crippen molar-refractivity contribution in [3.8, 4) is 0 Å². The van der Waals surface area contributed by atoms with Crippen LogP contribution in [0.25, 0.3) is 0 Å². The molecule has 4 heteroatoms. The van der Waals surface area contributed by atoms with E-state index in [1.165, 1.54) is 14.0 Å². The number of hydrogen-bond acceptors (Lipinski definition) is 2. The minimum absolute atomic E-state index is 0.354. The molecule has 96 valence electrons. The van der Waals surface area contributed by atoms with Gasteiger partial charge in [0.05, 0.1) is 4.34 Å². The van der Waals surface area contributed by atoms with Crippen LogP contribution in [-0.2, 0) is 6.42 Å². The summed E-state index contributed by atoms with van der Waals surface area (Å²) < 4.78 is 2.13. The third-order valence-corrected chi connectivity index (χ3v) is 4.81. The highest BCUT2D eigenvalue weighted by Gasteiger charge is 2.13. The molecule has 2 rings (SSSR count). The molecule has 18 heavy (non-hydrogen) atoms. The van der Waals surface area contributed by atoms with Crippen LogP contribution in [0.4, 0.5) is 0 Å². The number of nitrogens with one attached hydrogen (secondary N) is 1. The number of halogens is 2. The Labute approximate surface area is 131 Å². The molecule has 0 aliphatic rings. The van der Waals surface area contributed by atoms with Crippen molar-refractivity contribution in [2.24, 2.45) is 0 Å². The summed E-state index contributed by atoms with van der Waals surface area (Å²) in [5.41, 5.74) is 1.35. The van der Waals surface area contributed by atoms with Gasteiger partial charge in [-0.2, -0.15) is 0 Å². The summed E-state index contributed by atoms with van der Waals surface area (Å²) in [5.74, 6) is 0. The van der Waals surface area contributed by atoms with E-state index >= 15 is 0 Å². The summed E-state index contributed by atoms with van der Waals surface area (Å²) in [5, 5.41) is 3.53. The molecule has 1 N–H and O–H groups in total. The van der Waals surface area contributed by atoms with Crippen LogP contribution in [0.2, 0.25) is 4.34 Å². The van der Waals surface area contributed by atoms with E-state index in [9.17, 15) is 0 Å². The normalized spacial score (nSPS) is 12.6. The van der Waals surface area contributed by atoms with Crippen molar-refractivity contribution in [2.45, 2.75) is 19.4 Å². The Balaban J connectivity index is 2.13. The Kier molecular flexibility index (Phi) is 5.48. The fourth-order valence-electron chi connectivity index (χ4n) is 1.89. The summed E-state index contributed by atoms with van der Waals surface area (Å²) in [7, 11) is 0. The van der Waals surface area contributed by atoms with Gasteiger partial charge < -0.3 is 5.32 Å². The zero-order valence-corrected chi connectivity index (χ0v) is 13.8. The van der Waals surface area contributed by atoms with Crippen LogP contribution in [0, 0.1) is 3.57 Å². The summed E-state index contributed by atoms with van der Waals surface area (Å²) >= 11 is 10.0. The fraction of sp³-hybridized carbons (Fsp3) is 0.286. The Bertz CT molecular complexity index is 495. The molecule has 0 spiro atoms. The van der Waals surface area contributed by atoms with Crippen LogP contribution in [-0.4, -0.2) is 6.54 Å². The van der Waals surface area contributed by atoms with Gasteiger partial charge in [-0.15, -0.1) is 11.3 Å². The summed E-state index contributed by atoms with van der Waals surface area (Å²) in [4.78, 5) is 1.31. The molecule has 1 aromatic heterocycles. The van der Waals surface area contributed by atoms with Crippen LogP contribution in [0.15, 0.2) is 36.4 Å². The zero-order valence-electron chi connectivity index (χ0n) is 10.1. The molecule has 1 aromatic carbocycles. The first kappa shape index (κ1) is 14.3. The number of hydrogen-bond donors (Lipinski definition) is 1. The van der Waals surface area contributed by atoms with Gasteiger partial charge in [0.25, 0.3) is 0 Å². The lowest BCUT2D eigenvalue weighted by Crippen LogP contribution is -2.22. The molecule has 0 saturated carbocycles. The van der Waals surface area contributed by atoms with E-state index in [0.29, 0.717) is 6.04 Å². The molecule has 0 aliphatic carbocycles. The van der Waals surface area contributed by atoms with Crippen molar-refractivity contribution >= 4 is 45.5 Å². The second-order valence-electron chi connectivity index (χ2n) is 4.08. The average molecular weight is 392 g/mol. The van der Waals surface area contributed by atoms with Crippen LogP contribution in [0.5, 0.6) is 0 Å². The Morgan fingerprint density at radius 1 is 1.22 bits per heavy atom. The van der Waals surface area contributed by atoms with Gasteiger partial charge in [0.15, 0.2) is 0 Å². The van der Waals surface area contributed by atoms with Gasteiger partial charge in [0.2, 0.25) is 0 Å². The van der Waals surface area contributed by atoms with E-state index in [1.807, 2.05) is 6.07 Å². The zero-order chi connectivity index (χ0) is 13.0. The topological polar surface area (TPSA) is 12.0 Å². The van der Waals surface area contributed by atoms with Gasteiger partial charge in [0, 0.05) is 14.5 Å². The lowest BCUT2D eigenvalue weighted by atomic mass is 10.0. The monoisotopic (exact) mass is 391 g/mol. The molecule has 0 saturated heterocycles. The van der Waals surface area contributed by atoms with Crippen molar-refractivity contribution in [3.63, 3.8) is 0 Å². The predicted molar refractivity (Wildman–Crippen MR) is 88.6 cm³/mol. The van der Waals surface area contributed by atoms with Crippen molar-refractivity contribution in [1.29, 1.82) is 0 Å². The molecule has 0 amide bonds. The lowest BCUT2D eigenvalue weighted by Gasteiger charge is -2.16. The Morgan fingerprint density at radius 2 is 1.94 bits per heavy atom. The summed E-state index contributed by atoms with van der Waals surface area (Å²) in [6.45, 7) is 3.10. The highest BCUT2D eigenvalue weighted by Crippen LogP contribution is 2.29. The minimum atomic E-state index is 0.354. The molecule has 0 aliphatic heterocycles. The SMILES string of the molecule is CCNC(Cc1ccc(I)cc1)c1ccc(Cl)s1. The lowest BCUT2D eigenvalue weighted by molar-refractivity contribution is 0.558. The van der Waals surface area contributed by atoms with Gasteiger partial charge in [0.1, 0.15) is 0 Å². The highest BCUT2D eigenvalue weighted by molar-refractivity contribution is 14.1. The molecule has 1 heterocycles. The van der Waals surface area contributed by atoms with E-state index in [1.54, 1.807) is 11.3 Å². The third kappa shape index (κ3) is 3.95. The molecule has 0 bridgehead atoms. The molecule has 1 atom stereocenters. The fourth-order valence-corrected chi connectivity index (χ4v) is 3.39. The van der Waals surface area contributed by atoms with Crippen molar-refractivity contribution in [1.82, 2.24) is 5.32 Å². The molecule has 2 aromatic rings. The predicted octanol–water partition coefficient (Wildman–Crippen LogP) is 4.90. The maximum absolute atomic E-state index is 6.02. The number of rotatable bonds is 5. The van der Waals surface area contributed by atoms with E-state index in [2.05, 4.69) is 65.2 Å². The van der Waals surface area contributed by atoms with Crippen molar-refractivity contribution in [3.05, 3.63) is 54.7 Å². The van der Waals surface area contributed by atoms with Gasteiger partial charge in [-0.25, -0.2) is 0 Å². The molecular weight excluding hydrogens is 377 g/mol. The molecular formula is C14H15ClINS. The molecule has 1 unspecified atom stereocenters. The molecule has 0 fully saturated rings. The first-order valence-electron chi connectivity index (χ1n) is 5.92. The second kappa shape index (κ2) is 6.89. The second-order valence-corrected chi connectivity index (χ2v) is 7.08. The van der Waals surface area contributed by atoms with E-state index in [4.69, 9.17) is 11.6 Å². The maximum atomic E-state index is 6.02. The Morgan fingerprint density at radius 3 is 2.50 bits per heavy atom. The molecule has 1 nitrogen and oxygen atoms in total. The standard InChI is InChI=1S/C14H15ClINS/c1-2-17-12(13-7-8-14(15)18-13)9-10-3-5-11(16)6-4-10/h3-8,12,17H,2,9H2,1H3. The van der Waals surface area contributed by atoms with Crippen molar-refractivity contribution in [2.75, 3.05) is 6.54 Å². The smallest absolute Gasteiger partial charge is 0.0931 e. The number of benzene rings is 1. The third-order valence-electron chi connectivity index (χ3n) is 2.74. The van der Waals surface area contributed by atoms with Gasteiger partial charge in [-0.3, -0.25) is 0 Å². The van der Waals surface area contributed by atoms with E-state index in [-0.39, 0.29) is 0 Å². The maximum Gasteiger partial charge on any atom is 0.0931 e. The number of likely N-dealkylation sites (N-methyl/N-ethyl adjacent to an activating group) is 1. The first-order valence-corrected chi connectivity index (χ1v) is 8.19. The average Bonchev–Trinajstić information content (AvgIpc) is 2.78. The first-order chi connectivity index (χ1) is 8.69. The van der Waals surface area contributed by atoms with E-state index in [0.717, 1.165) is 17.3 Å². The largest absolute Gasteiger partial charge is 0.309 e. The van der Waals surface area contributed by atoms with Crippen LogP contribution in [0.3, 0.4) is 0 Å². The van der Waals surface area contributed by atoms with Gasteiger partial charge in [-0.1, -0.05) is 30.7 Å². The summed E-state index contributed by atoms with van der Waals surface area (Å²) in [6.07, 6.45) is 1.00. The number of thiophene rings is 1. The highest BCUT2D eigenvalue weighted by atomic mass is 127. The quantitative estimate of drug-likeness (QED) is 0.715. The van der Waals surface area contributed by atoms with Crippen LogP contribution < -0.4 is 5.32 Å². The Hall–Kier alpha value is -0.100.